The van der Waals surface area contributed by atoms with E-state index in [-0.39, 0.29) is 18.7 Å². The van der Waals surface area contributed by atoms with Gasteiger partial charge in [0.15, 0.2) is 0 Å². The molecule has 1 fully saturated rings. The summed E-state index contributed by atoms with van der Waals surface area (Å²) in [6, 6.07) is 24.3. The van der Waals surface area contributed by atoms with E-state index in [1.807, 2.05) is 42.6 Å². The third-order valence-electron chi connectivity index (χ3n) is 6.41. The zero-order valence-corrected chi connectivity index (χ0v) is 18.1. The van der Waals surface area contributed by atoms with Crippen LogP contribution in [0.4, 0.5) is 4.79 Å². The normalized spacial score (nSPS) is 16.0. The minimum absolute atomic E-state index is 0.101. The van der Waals surface area contributed by atoms with Crippen molar-refractivity contribution in [2.24, 2.45) is 0 Å². The quantitative estimate of drug-likeness (QED) is 0.353. The van der Waals surface area contributed by atoms with Gasteiger partial charge in [0, 0.05) is 18.3 Å². The number of para-hydroxylation sites is 1. The largest absolute Gasteiger partial charge is 0.445 e. The monoisotopic (exact) mass is 436 g/mol. The molecular formula is C27H24N4O2. The van der Waals surface area contributed by atoms with Crippen molar-refractivity contribution in [1.82, 2.24) is 19.9 Å². The first-order valence-corrected chi connectivity index (χ1v) is 11.3. The van der Waals surface area contributed by atoms with Gasteiger partial charge in [-0.1, -0.05) is 54.6 Å². The van der Waals surface area contributed by atoms with Gasteiger partial charge < -0.3 is 14.7 Å². The standard InChI is InChI=1S/C27H24N4O2/c32-27(33-17-18-6-2-1-3-7-18)31-15-5-10-24(31)26-29-22-12-11-20(16-23(22)30-26)21-9-4-8-19-13-14-28-25(19)21/h1-4,6-9,11-14,16,24,28H,5,10,15,17H2,(H,29,30)/t24-/m0/s1. The van der Waals surface area contributed by atoms with Crippen LogP contribution in [0.3, 0.4) is 0 Å². The van der Waals surface area contributed by atoms with E-state index in [2.05, 4.69) is 46.4 Å². The van der Waals surface area contributed by atoms with Crippen molar-refractivity contribution in [1.29, 1.82) is 0 Å². The highest BCUT2D eigenvalue weighted by molar-refractivity contribution is 5.96. The highest BCUT2D eigenvalue weighted by Crippen LogP contribution is 2.34. The summed E-state index contributed by atoms with van der Waals surface area (Å²) in [5.41, 5.74) is 6.25. The van der Waals surface area contributed by atoms with Crippen LogP contribution in [0.15, 0.2) is 79.0 Å². The van der Waals surface area contributed by atoms with Crippen LogP contribution in [0.1, 0.15) is 30.3 Å². The van der Waals surface area contributed by atoms with Crippen molar-refractivity contribution in [3.63, 3.8) is 0 Å². The van der Waals surface area contributed by atoms with Crippen LogP contribution in [0.25, 0.3) is 33.1 Å². The molecule has 0 bridgehead atoms. The fraction of sp³-hybridized carbons (Fsp3) is 0.185. The number of aromatic amines is 2. The van der Waals surface area contributed by atoms with Gasteiger partial charge in [0.05, 0.1) is 22.6 Å². The summed E-state index contributed by atoms with van der Waals surface area (Å²) in [6.07, 6.45) is 3.48. The van der Waals surface area contributed by atoms with E-state index >= 15 is 0 Å². The number of aromatic nitrogens is 3. The molecule has 1 atom stereocenters. The molecule has 1 aliphatic rings. The van der Waals surface area contributed by atoms with Gasteiger partial charge in [0.2, 0.25) is 0 Å². The molecule has 3 heterocycles. The second-order valence-electron chi connectivity index (χ2n) is 8.49. The van der Waals surface area contributed by atoms with E-state index in [1.165, 1.54) is 5.39 Å². The lowest BCUT2D eigenvalue weighted by Crippen LogP contribution is -2.31. The van der Waals surface area contributed by atoms with Gasteiger partial charge in [0.25, 0.3) is 0 Å². The second-order valence-corrected chi connectivity index (χ2v) is 8.49. The lowest BCUT2D eigenvalue weighted by atomic mass is 10.0. The van der Waals surface area contributed by atoms with Gasteiger partial charge in [-0.05, 0) is 47.6 Å². The number of likely N-dealkylation sites (tertiary alicyclic amines) is 1. The second kappa shape index (κ2) is 8.13. The molecule has 6 nitrogen and oxygen atoms in total. The zero-order chi connectivity index (χ0) is 22.2. The highest BCUT2D eigenvalue weighted by Gasteiger charge is 2.33. The number of amides is 1. The maximum Gasteiger partial charge on any atom is 0.410 e. The summed E-state index contributed by atoms with van der Waals surface area (Å²) in [5, 5.41) is 1.19. The molecule has 0 spiro atoms. The third-order valence-corrected chi connectivity index (χ3v) is 6.41. The SMILES string of the molecule is O=C(OCc1ccccc1)N1CCC[C@H]1c1nc2ccc(-c3cccc4cc[nH]c34)cc2[nH]1. The van der Waals surface area contributed by atoms with Crippen LogP contribution >= 0.6 is 0 Å². The number of rotatable bonds is 4. The average Bonchev–Trinajstić information content (AvgIpc) is 3.61. The number of nitrogens with one attached hydrogen (secondary N) is 2. The van der Waals surface area contributed by atoms with E-state index in [0.717, 1.165) is 51.9 Å². The predicted octanol–water partition coefficient (Wildman–Crippen LogP) is 6.18. The Morgan fingerprint density at radius 2 is 1.97 bits per heavy atom. The van der Waals surface area contributed by atoms with Crippen LogP contribution in [-0.4, -0.2) is 32.5 Å². The van der Waals surface area contributed by atoms with E-state index in [0.29, 0.717) is 6.54 Å². The molecule has 5 aromatic rings. The van der Waals surface area contributed by atoms with Crippen molar-refractivity contribution in [2.75, 3.05) is 6.54 Å². The Bertz CT molecular complexity index is 1440. The minimum Gasteiger partial charge on any atom is -0.445 e. The van der Waals surface area contributed by atoms with Gasteiger partial charge in [-0.25, -0.2) is 9.78 Å². The molecule has 2 N–H and O–H groups in total. The number of benzene rings is 3. The number of ether oxygens (including phenoxy) is 1. The fourth-order valence-corrected chi connectivity index (χ4v) is 4.75. The molecule has 1 aliphatic heterocycles. The molecule has 1 amide bonds. The molecular weight excluding hydrogens is 412 g/mol. The van der Waals surface area contributed by atoms with Crippen LogP contribution < -0.4 is 0 Å². The van der Waals surface area contributed by atoms with Crippen LogP contribution in [0.2, 0.25) is 0 Å². The maximum atomic E-state index is 12.8. The Morgan fingerprint density at radius 3 is 2.88 bits per heavy atom. The van der Waals surface area contributed by atoms with Crippen molar-refractivity contribution in [3.05, 3.63) is 90.4 Å². The first-order chi connectivity index (χ1) is 16.3. The number of fused-ring (bicyclic) bond motifs is 2. The molecule has 0 saturated carbocycles. The van der Waals surface area contributed by atoms with E-state index < -0.39 is 0 Å². The van der Waals surface area contributed by atoms with Gasteiger partial charge in [0.1, 0.15) is 12.4 Å². The third kappa shape index (κ3) is 3.63. The van der Waals surface area contributed by atoms with Crippen LogP contribution in [0.5, 0.6) is 0 Å². The Balaban J connectivity index is 1.26. The highest BCUT2D eigenvalue weighted by atomic mass is 16.6. The summed E-state index contributed by atoms with van der Waals surface area (Å²) in [7, 11) is 0. The molecule has 3 aromatic carbocycles. The lowest BCUT2D eigenvalue weighted by Gasteiger charge is -2.22. The van der Waals surface area contributed by atoms with Crippen LogP contribution in [0, 0.1) is 0 Å². The Kier molecular flexibility index (Phi) is 4.83. The van der Waals surface area contributed by atoms with Crippen molar-refractivity contribution < 1.29 is 9.53 Å². The number of hydrogen-bond acceptors (Lipinski definition) is 3. The summed E-state index contributed by atoms with van der Waals surface area (Å²) < 4.78 is 5.59. The zero-order valence-electron chi connectivity index (χ0n) is 18.1. The summed E-state index contributed by atoms with van der Waals surface area (Å²) >= 11 is 0. The summed E-state index contributed by atoms with van der Waals surface area (Å²) in [6.45, 7) is 0.950. The van der Waals surface area contributed by atoms with E-state index in [1.54, 1.807) is 4.90 Å². The number of H-pyrrole nitrogens is 2. The first-order valence-electron chi connectivity index (χ1n) is 11.3. The van der Waals surface area contributed by atoms with Gasteiger partial charge in [-0.15, -0.1) is 0 Å². The number of hydrogen-bond donors (Lipinski definition) is 2. The van der Waals surface area contributed by atoms with Gasteiger partial charge in [-0.2, -0.15) is 0 Å². The minimum atomic E-state index is -0.291. The molecule has 0 unspecified atom stereocenters. The fourth-order valence-electron chi connectivity index (χ4n) is 4.75. The predicted molar refractivity (Wildman–Crippen MR) is 129 cm³/mol. The van der Waals surface area contributed by atoms with Gasteiger partial charge >= 0.3 is 6.09 Å². The molecule has 164 valence electrons. The van der Waals surface area contributed by atoms with Crippen LogP contribution in [-0.2, 0) is 11.3 Å². The topological polar surface area (TPSA) is 74.0 Å². The molecule has 0 aliphatic carbocycles. The van der Waals surface area contributed by atoms with Crippen molar-refractivity contribution in [3.8, 4) is 11.1 Å². The molecule has 1 saturated heterocycles. The average molecular weight is 437 g/mol. The number of carbonyl (C=O) groups is 1. The van der Waals surface area contributed by atoms with E-state index in [9.17, 15) is 4.79 Å². The van der Waals surface area contributed by atoms with Gasteiger partial charge in [-0.3, -0.25) is 4.90 Å². The lowest BCUT2D eigenvalue weighted by molar-refractivity contribution is 0.0910. The number of imidazole rings is 1. The molecule has 2 aromatic heterocycles. The molecule has 33 heavy (non-hydrogen) atoms. The number of nitrogens with zero attached hydrogens (tertiary/aromatic N) is 2. The number of carbonyl (C=O) groups excluding carboxylic acids is 1. The van der Waals surface area contributed by atoms with Crippen molar-refractivity contribution in [2.45, 2.75) is 25.5 Å². The Hall–Kier alpha value is -4.06. The Morgan fingerprint density at radius 1 is 1.06 bits per heavy atom. The first kappa shape index (κ1) is 19.6. The van der Waals surface area contributed by atoms with Crippen molar-refractivity contribution >= 4 is 28.0 Å². The molecule has 0 radical (unpaired) electrons. The summed E-state index contributed by atoms with van der Waals surface area (Å²) in [4.78, 5) is 26.2. The Labute approximate surface area is 191 Å². The maximum absolute atomic E-state index is 12.8. The van der Waals surface area contributed by atoms with E-state index in [4.69, 9.17) is 9.72 Å². The summed E-state index contributed by atoms with van der Waals surface area (Å²) in [5.74, 6) is 0.814. The molecule has 6 rings (SSSR count). The molecule has 6 heteroatoms. The smallest absolute Gasteiger partial charge is 0.410 e.